The predicted octanol–water partition coefficient (Wildman–Crippen LogP) is 4.16. The maximum atomic E-state index is 13.3. The van der Waals surface area contributed by atoms with Crippen molar-refractivity contribution in [2.75, 3.05) is 5.32 Å². The van der Waals surface area contributed by atoms with Crippen LogP contribution in [-0.2, 0) is 4.79 Å². The average molecular weight is 388 g/mol. The molecule has 0 aliphatic heterocycles. The molecule has 4 rings (SSSR count). The quantitative estimate of drug-likeness (QED) is 0.571. The highest BCUT2D eigenvalue weighted by molar-refractivity contribution is 5.94. The van der Waals surface area contributed by atoms with Gasteiger partial charge in [0.05, 0.1) is 5.52 Å². The molecule has 0 radical (unpaired) electrons. The number of carbonyl (C=O) groups is 1. The van der Waals surface area contributed by atoms with Gasteiger partial charge < -0.3 is 5.32 Å². The molecule has 2 aromatic carbocycles. The van der Waals surface area contributed by atoms with E-state index in [2.05, 4.69) is 10.4 Å². The lowest BCUT2D eigenvalue weighted by atomic mass is 10.1. The molecule has 0 saturated heterocycles. The van der Waals surface area contributed by atoms with E-state index in [1.807, 2.05) is 80.6 Å². The third-order valence-electron chi connectivity index (χ3n) is 5.35. The number of carbonyl (C=O) groups excluding carboxylic acids is 1. The molecule has 1 N–H and O–H groups in total. The van der Waals surface area contributed by atoms with Crippen LogP contribution in [0.1, 0.15) is 36.3 Å². The number of para-hydroxylation sites is 1. The number of hydrogen-bond acceptors (Lipinski definition) is 3. The largest absolute Gasteiger partial charge is 0.324 e. The van der Waals surface area contributed by atoms with E-state index < -0.39 is 6.04 Å². The normalized spacial score (nSPS) is 12.4. The number of fused-ring (bicyclic) bond motifs is 3. The van der Waals surface area contributed by atoms with Crippen molar-refractivity contribution < 1.29 is 4.79 Å². The molecule has 0 saturated carbocycles. The molecule has 1 atom stereocenters. The molecule has 0 unspecified atom stereocenters. The van der Waals surface area contributed by atoms with Gasteiger partial charge in [0.1, 0.15) is 17.4 Å². The summed E-state index contributed by atoms with van der Waals surface area (Å²) in [6.07, 6.45) is 0.458. The Morgan fingerprint density at radius 3 is 2.55 bits per heavy atom. The lowest BCUT2D eigenvalue weighted by Crippen LogP contribution is -2.36. The predicted molar refractivity (Wildman–Crippen MR) is 116 cm³/mol. The van der Waals surface area contributed by atoms with Crippen LogP contribution in [0.2, 0.25) is 0 Å². The third kappa shape index (κ3) is 3.20. The highest BCUT2D eigenvalue weighted by Crippen LogP contribution is 2.22. The van der Waals surface area contributed by atoms with Crippen LogP contribution in [0.15, 0.2) is 53.3 Å². The fourth-order valence-electron chi connectivity index (χ4n) is 3.81. The second-order valence-electron chi connectivity index (χ2n) is 7.45. The minimum atomic E-state index is -0.689. The minimum Gasteiger partial charge on any atom is -0.324 e. The van der Waals surface area contributed by atoms with E-state index >= 15 is 0 Å². The van der Waals surface area contributed by atoms with Crippen molar-refractivity contribution in [2.45, 2.75) is 40.2 Å². The van der Waals surface area contributed by atoms with E-state index in [1.54, 1.807) is 0 Å². The number of benzene rings is 2. The van der Waals surface area contributed by atoms with Crippen molar-refractivity contribution in [3.63, 3.8) is 0 Å². The van der Waals surface area contributed by atoms with Gasteiger partial charge in [-0.1, -0.05) is 36.8 Å². The van der Waals surface area contributed by atoms with Crippen LogP contribution >= 0.6 is 0 Å². The molecule has 4 aromatic rings. The Labute approximate surface area is 168 Å². The molecule has 148 valence electrons. The van der Waals surface area contributed by atoms with Gasteiger partial charge in [-0.05, 0) is 57.0 Å². The van der Waals surface area contributed by atoms with Crippen molar-refractivity contribution in [3.05, 3.63) is 75.8 Å². The Morgan fingerprint density at radius 1 is 1.07 bits per heavy atom. The van der Waals surface area contributed by atoms with Crippen LogP contribution in [0.25, 0.3) is 16.4 Å². The number of amides is 1. The molecule has 2 heterocycles. The van der Waals surface area contributed by atoms with Crippen LogP contribution < -0.4 is 10.9 Å². The number of nitrogens with one attached hydrogen (secondary N) is 1. The van der Waals surface area contributed by atoms with Gasteiger partial charge in [0.25, 0.3) is 5.56 Å². The van der Waals surface area contributed by atoms with Crippen LogP contribution in [-0.4, -0.2) is 20.1 Å². The summed E-state index contributed by atoms with van der Waals surface area (Å²) < 4.78 is 3.18. The molecule has 0 fully saturated rings. The molecule has 6 heteroatoms. The molecule has 0 aliphatic carbocycles. The molecular weight excluding hydrogens is 364 g/mol. The maximum absolute atomic E-state index is 13.3. The van der Waals surface area contributed by atoms with E-state index in [0.717, 1.165) is 27.7 Å². The number of aryl methyl sites for hydroxylation is 3. The topological polar surface area (TPSA) is 68.4 Å². The summed E-state index contributed by atoms with van der Waals surface area (Å²) in [6, 6.07) is 14.8. The summed E-state index contributed by atoms with van der Waals surface area (Å²) >= 11 is 0. The Kier molecular flexibility index (Phi) is 4.70. The lowest BCUT2D eigenvalue weighted by Gasteiger charge is -2.18. The zero-order chi connectivity index (χ0) is 20.7. The summed E-state index contributed by atoms with van der Waals surface area (Å²) in [4.78, 5) is 26.3. The van der Waals surface area contributed by atoms with Gasteiger partial charge >= 0.3 is 0 Å². The second-order valence-corrected chi connectivity index (χ2v) is 7.45. The van der Waals surface area contributed by atoms with E-state index in [0.29, 0.717) is 17.8 Å². The van der Waals surface area contributed by atoms with Crippen molar-refractivity contribution in [2.24, 2.45) is 0 Å². The van der Waals surface area contributed by atoms with E-state index in [4.69, 9.17) is 0 Å². The van der Waals surface area contributed by atoms with Crippen LogP contribution in [0.5, 0.6) is 0 Å². The van der Waals surface area contributed by atoms with Gasteiger partial charge in [0.15, 0.2) is 0 Å². The number of aromatic nitrogens is 3. The molecule has 0 spiro atoms. The zero-order valence-corrected chi connectivity index (χ0v) is 17.1. The Bertz CT molecular complexity index is 1300. The van der Waals surface area contributed by atoms with E-state index in [1.165, 1.54) is 4.68 Å². The lowest BCUT2D eigenvalue weighted by molar-refractivity contribution is -0.119. The highest BCUT2D eigenvalue weighted by atomic mass is 16.2. The smallest absolute Gasteiger partial charge is 0.291 e. The Balaban J connectivity index is 1.82. The fourth-order valence-corrected chi connectivity index (χ4v) is 3.81. The summed E-state index contributed by atoms with van der Waals surface area (Å²) in [5.74, 6) is 0.424. The van der Waals surface area contributed by atoms with Gasteiger partial charge in [0.2, 0.25) is 5.91 Å². The fraction of sp³-hybridized carbons (Fsp3) is 0.261. The molecule has 2 aromatic heterocycles. The first-order chi connectivity index (χ1) is 13.9. The number of nitrogens with zero attached hydrogens (tertiary/aromatic N) is 3. The van der Waals surface area contributed by atoms with Gasteiger partial charge in [-0.25, -0.2) is 4.68 Å². The summed E-state index contributed by atoms with van der Waals surface area (Å²) in [5, 5.41) is 8.44. The Hall–Kier alpha value is -3.41. The van der Waals surface area contributed by atoms with Crippen LogP contribution in [0.4, 0.5) is 5.69 Å². The SMILES string of the molecule is CC[C@H](C(=O)Nc1ccccc1C)n1nc(C)n2c(cc3cc(C)ccc32)c1=O. The molecule has 0 aliphatic rings. The number of rotatable bonds is 4. The molecule has 0 bridgehead atoms. The molecular formula is C23H24N4O2. The molecule has 1 amide bonds. The third-order valence-corrected chi connectivity index (χ3v) is 5.35. The number of anilines is 1. The highest BCUT2D eigenvalue weighted by Gasteiger charge is 2.24. The monoisotopic (exact) mass is 388 g/mol. The van der Waals surface area contributed by atoms with Gasteiger partial charge in [-0.3, -0.25) is 14.0 Å². The van der Waals surface area contributed by atoms with Crippen molar-refractivity contribution in [1.82, 2.24) is 14.2 Å². The summed E-state index contributed by atoms with van der Waals surface area (Å²) in [5.41, 5.74) is 4.04. The first-order valence-corrected chi connectivity index (χ1v) is 9.78. The number of hydrogen-bond donors (Lipinski definition) is 1. The van der Waals surface area contributed by atoms with Crippen molar-refractivity contribution in [1.29, 1.82) is 0 Å². The standard InChI is InChI=1S/C23H24N4O2/c1-5-19(22(28)24-18-9-7-6-8-15(18)3)27-23(29)21-13-17-12-14(2)10-11-20(17)26(21)16(4)25-27/h6-13,19H,5H2,1-4H3,(H,24,28)/t19-/m1/s1. The summed E-state index contributed by atoms with van der Waals surface area (Å²) in [6.45, 7) is 7.70. The molecule has 6 nitrogen and oxygen atoms in total. The Morgan fingerprint density at radius 2 is 1.83 bits per heavy atom. The van der Waals surface area contributed by atoms with Gasteiger partial charge in [-0.15, -0.1) is 0 Å². The van der Waals surface area contributed by atoms with E-state index in [9.17, 15) is 9.59 Å². The van der Waals surface area contributed by atoms with Gasteiger partial charge in [-0.2, -0.15) is 5.10 Å². The summed E-state index contributed by atoms with van der Waals surface area (Å²) in [7, 11) is 0. The first-order valence-electron chi connectivity index (χ1n) is 9.78. The maximum Gasteiger partial charge on any atom is 0.291 e. The van der Waals surface area contributed by atoms with Crippen LogP contribution in [0.3, 0.4) is 0 Å². The van der Waals surface area contributed by atoms with Crippen molar-refractivity contribution >= 4 is 28.0 Å². The van der Waals surface area contributed by atoms with E-state index in [-0.39, 0.29) is 11.5 Å². The van der Waals surface area contributed by atoms with Crippen LogP contribution in [0, 0.1) is 20.8 Å². The average Bonchev–Trinajstić information content (AvgIpc) is 3.07. The minimum absolute atomic E-state index is 0.243. The first kappa shape index (κ1) is 18.9. The zero-order valence-electron chi connectivity index (χ0n) is 17.1. The van der Waals surface area contributed by atoms with Crippen molar-refractivity contribution in [3.8, 4) is 0 Å². The van der Waals surface area contributed by atoms with Gasteiger partial charge in [0, 0.05) is 11.1 Å². The second kappa shape index (κ2) is 7.20. The molecule has 29 heavy (non-hydrogen) atoms.